The molecule has 0 amide bonds. The first kappa shape index (κ1) is 10.2. The highest BCUT2D eigenvalue weighted by Crippen LogP contribution is 2.26. The number of nitrogens with one attached hydrogen (secondary N) is 1. The Kier molecular flexibility index (Phi) is 2.61. The summed E-state index contributed by atoms with van der Waals surface area (Å²) in [6.45, 7) is 7.78. The summed E-state index contributed by atoms with van der Waals surface area (Å²) in [5, 5.41) is 3.47. The van der Waals surface area contributed by atoms with Gasteiger partial charge in [-0.3, -0.25) is 4.90 Å². The molecule has 2 aliphatic rings. The average Bonchev–Trinajstić information content (AvgIpc) is 2.77. The van der Waals surface area contributed by atoms with Crippen LogP contribution in [-0.2, 0) is 6.54 Å². The lowest BCUT2D eigenvalue weighted by atomic mass is 10.0. The van der Waals surface area contributed by atoms with Crippen LogP contribution in [0.3, 0.4) is 0 Å². The monoisotopic (exact) mass is 218 g/mol. The largest absolute Gasteiger partial charge is 0.316 e. The van der Waals surface area contributed by atoms with Gasteiger partial charge in [0, 0.05) is 25.8 Å². The minimum atomic E-state index is 0.864. The first-order chi connectivity index (χ1) is 7.81. The lowest BCUT2D eigenvalue weighted by Crippen LogP contribution is -2.25. The summed E-state index contributed by atoms with van der Waals surface area (Å²) in [6.07, 6.45) is 1.86. The van der Waals surface area contributed by atoms with E-state index in [-0.39, 0.29) is 0 Å². The second-order valence-corrected chi connectivity index (χ2v) is 4.97. The van der Waals surface area contributed by atoms with Crippen molar-refractivity contribution in [1.29, 1.82) is 0 Å². The van der Waals surface area contributed by atoms with Gasteiger partial charge in [0.2, 0.25) is 0 Å². The van der Waals surface area contributed by atoms with Gasteiger partial charge in [0.15, 0.2) is 0 Å². The number of hydrogen-bond acceptors (Lipinski definition) is 4. The summed E-state index contributed by atoms with van der Waals surface area (Å²) in [5.74, 6) is 2.60. The van der Waals surface area contributed by atoms with Crippen molar-refractivity contribution in [2.75, 3.05) is 26.2 Å². The second-order valence-electron chi connectivity index (χ2n) is 4.97. The minimum Gasteiger partial charge on any atom is -0.316 e. The molecule has 2 unspecified atom stereocenters. The number of fused-ring (bicyclic) bond motifs is 1. The van der Waals surface area contributed by atoms with Crippen molar-refractivity contribution < 1.29 is 0 Å². The van der Waals surface area contributed by atoms with E-state index in [1.807, 2.05) is 19.2 Å². The van der Waals surface area contributed by atoms with Crippen LogP contribution in [0.15, 0.2) is 12.3 Å². The smallest absolute Gasteiger partial charge is 0.125 e. The zero-order chi connectivity index (χ0) is 11.0. The Morgan fingerprint density at radius 1 is 1.38 bits per heavy atom. The minimum absolute atomic E-state index is 0.864. The van der Waals surface area contributed by atoms with Gasteiger partial charge in [-0.05, 0) is 37.9 Å². The fraction of sp³-hybridized carbons (Fsp3) is 0.667. The summed E-state index contributed by atoms with van der Waals surface area (Å²) in [4.78, 5) is 11.1. The van der Waals surface area contributed by atoms with Gasteiger partial charge in [-0.25, -0.2) is 9.97 Å². The molecule has 2 saturated heterocycles. The van der Waals surface area contributed by atoms with Gasteiger partial charge < -0.3 is 5.32 Å². The number of likely N-dealkylation sites (tertiary alicyclic amines) is 1. The number of hydrogen-bond donors (Lipinski definition) is 1. The van der Waals surface area contributed by atoms with E-state index in [9.17, 15) is 0 Å². The Morgan fingerprint density at radius 2 is 2.12 bits per heavy atom. The molecule has 0 aromatic carbocycles. The van der Waals surface area contributed by atoms with Gasteiger partial charge in [-0.1, -0.05) is 0 Å². The molecule has 1 N–H and O–H groups in total. The number of aryl methyl sites for hydroxylation is 1. The zero-order valence-electron chi connectivity index (χ0n) is 9.69. The van der Waals surface area contributed by atoms with E-state index in [1.165, 1.54) is 26.2 Å². The zero-order valence-corrected chi connectivity index (χ0v) is 9.69. The Balaban J connectivity index is 1.64. The lowest BCUT2D eigenvalue weighted by molar-refractivity contribution is 0.301. The van der Waals surface area contributed by atoms with Gasteiger partial charge in [-0.15, -0.1) is 0 Å². The Bertz CT molecular complexity index is 367. The van der Waals surface area contributed by atoms with E-state index in [4.69, 9.17) is 0 Å². The molecule has 1 aromatic heterocycles. The van der Waals surface area contributed by atoms with Gasteiger partial charge in [0.05, 0.1) is 5.69 Å². The summed E-state index contributed by atoms with van der Waals surface area (Å²) < 4.78 is 0. The molecule has 2 aliphatic heterocycles. The first-order valence-electron chi connectivity index (χ1n) is 6.03. The average molecular weight is 218 g/mol. The third-order valence-electron chi connectivity index (χ3n) is 3.68. The number of aromatic nitrogens is 2. The van der Waals surface area contributed by atoms with Crippen molar-refractivity contribution in [2.24, 2.45) is 11.8 Å². The maximum Gasteiger partial charge on any atom is 0.125 e. The number of nitrogens with zero attached hydrogens (tertiary/aromatic N) is 3. The third kappa shape index (κ3) is 1.95. The van der Waals surface area contributed by atoms with Crippen molar-refractivity contribution in [3.8, 4) is 0 Å². The third-order valence-corrected chi connectivity index (χ3v) is 3.68. The Labute approximate surface area is 96.1 Å². The van der Waals surface area contributed by atoms with Crippen LogP contribution < -0.4 is 5.32 Å². The van der Waals surface area contributed by atoms with Gasteiger partial charge in [0.1, 0.15) is 5.82 Å². The van der Waals surface area contributed by atoms with Crippen molar-refractivity contribution in [3.63, 3.8) is 0 Å². The molecule has 0 bridgehead atoms. The molecular formula is C12H18N4. The molecule has 0 spiro atoms. The summed E-state index contributed by atoms with van der Waals surface area (Å²) in [6, 6.07) is 2.03. The molecule has 2 atom stereocenters. The molecule has 0 radical (unpaired) electrons. The Morgan fingerprint density at radius 3 is 2.81 bits per heavy atom. The van der Waals surface area contributed by atoms with Crippen molar-refractivity contribution in [3.05, 3.63) is 23.8 Å². The fourth-order valence-corrected chi connectivity index (χ4v) is 2.90. The topological polar surface area (TPSA) is 41.1 Å². The van der Waals surface area contributed by atoms with Crippen LogP contribution in [0.5, 0.6) is 0 Å². The normalized spacial score (nSPS) is 29.6. The number of rotatable bonds is 2. The highest BCUT2D eigenvalue weighted by Gasteiger charge is 2.35. The quantitative estimate of drug-likeness (QED) is 0.782. The molecule has 0 saturated carbocycles. The van der Waals surface area contributed by atoms with Crippen LogP contribution in [0, 0.1) is 18.8 Å². The Hall–Kier alpha value is -1.00. The van der Waals surface area contributed by atoms with E-state index in [0.717, 1.165) is 29.9 Å². The molecule has 0 aliphatic carbocycles. The standard InChI is InChI=1S/C12H18N4/c1-9-14-3-2-12(15-9)8-16-6-10-4-13-5-11(10)7-16/h2-3,10-11,13H,4-8H2,1H3. The van der Waals surface area contributed by atoms with E-state index in [1.54, 1.807) is 0 Å². The van der Waals surface area contributed by atoms with Crippen LogP contribution in [0.1, 0.15) is 11.5 Å². The van der Waals surface area contributed by atoms with Gasteiger partial charge in [0.25, 0.3) is 0 Å². The molecule has 3 rings (SSSR count). The molecule has 3 heterocycles. The van der Waals surface area contributed by atoms with Crippen LogP contribution in [0.4, 0.5) is 0 Å². The predicted octanol–water partition coefficient (Wildman–Crippen LogP) is 0.436. The van der Waals surface area contributed by atoms with Crippen LogP contribution >= 0.6 is 0 Å². The maximum atomic E-state index is 4.46. The van der Waals surface area contributed by atoms with Crippen molar-refractivity contribution in [1.82, 2.24) is 20.2 Å². The first-order valence-corrected chi connectivity index (χ1v) is 6.03. The molecule has 1 aromatic rings. The summed E-state index contributed by atoms with van der Waals surface area (Å²) in [7, 11) is 0. The van der Waals surface area contributed by atoms with Gasteiger partial charge in [-0.2, -0.15) is 0 Å². The predicted molar refractivity (Wildman–Crippen MR) is 61.9 cm³/mol. The fourth-order valence-electron chi connectivity index (χ4n) is 2.90. The molecule has 16 heavy (non-hydrogen) atoms. The van der Waals surface area contributed by atoms with Crippen LogP contribution in [0.25, 0.3) is 0 Å². The highest BCUT2D eigenvalue weighted by atomic mass is 15.2. The molecule has 4 nitrogen and oxygen atoms in total. The van der Waals surface area contributed by atoms with E-state index in [2.05, 4.69) is 20.2 Å². The van der Waals surface area contributed by atoms with Crippen LogP contribution in [-0.4, -0.2) is 41.0 Å². The van der Waals surface area contributed by atoms with Gasteiger partial charge >= 0.3 is 0 Å². The highest BCUT2D eigenvalue weighted by molar-refractivity contribution is 5.03. The lowest BCUT2D eigenvalue weighted by Gasteiger charge is -2.16. The maximum absolute atomic E-state index is 4.46. The van der Waals surface area contributed by atoms with Crippen LogP contribution in [0.2, 0.25) is 0 Å². The second kappa shape index (κ2) is 4.11. The van der Waals surface area contributed by atoms with E-state index >= 15 is 0 Å². The van der Waals surface area contributed by atoms with E-state index in [0.29, 0.717) is 0 Å². The molecule has 2 fully saturated rings. The summed E-state index contributed by atoms with van der Waals surface area (Å²) in [5.41, 5.74) is 1.15. The van der Waals surface area contributed by atoms with Crippen molar-refractivity contribution >= 4 is 0 Å². The van der Waals surface area contributed by atoms with Crippen molar-refractivity contribution in [2.45, 2.75) is 13.5 Å². The molecule has 4 heteroatoms. The SMILES string of the molecule is Cc1nccc(CN2CC3CNCC3C2)n1. The molecular weight excluding hydrogens is 200 g/mol. The van der Waals surface area contributed by atoms with E-state index < -0.39 is 0 Å². The molecule has 86 valence electrons. The summed E-state index contributed by atoms with van der Waals surface area (Å²) >= 11 is 0.